The molecule has 1 aliphatic heterocycles. The first-order chi connectivity index (χ1) is 12.7. The van der Waals surface area contributed by atoms with Crippen LogP contribution in [0.15, 0.2) is 65.6 Å². The molecular formula is C21H20N2OS2. The number of thiophene rings is 1. The van der Waals surface area contributed by atoms with Crippen molar-refractivity contribution < 1.29 is 4.79 Å². The first kappa shape index (κ1) is 17.2. The number of anilines is 2. The molecule has 26 heavy (non-hydrogen) atoms. The topological polar surface area (TPSA) is 32.3 Å². The number of aryl methyl sites for hydroxylation is 1. The van der Waals surface area contributed by atoms with Crippen molar-refractivity contribution in [2.75, 3.05) is 17.2 Å². The minimum atomic E-state index is -0.0100. The van der Waals surface area contributed by atoms with Gasteiger partial charge in [0.1, 0.15) is 0 Å². The molecule has 5 heteroatoms. The number of nitrogens with one attached hydrogen (secondary N) is 1. The summed E-state index contributed by atoms with van der Waals surface area (Å²) in [7, 11) is 0. The van der Waals surface area contributed by atoms with Crippen molar-refractivity contribution in [1.82, 2.24) is 5.32 Å². The average Bonchev–Trinajstić information content (AvgIpc) is 3.17. The van der Waals surface area contributed by atoms with Crippen LogP contribution in [-0.4, -0.2) is 18.2 Å². The van der Waals surface area contributed by atoms with E-state index in [-0.39, 0.29) is 5.91 Å². The molecule has 1 N–H and O–H groups in total. The number of benzene rings is 2. The Labute approximate surface area is 162 Å². The van der Waals surface area contributed by atoms with Gasteiger partial charge in [0.2, 0.25) is 0 Å². The third kappa shape index (κ3) is 3.50. The summed E-state index contributed by atoms with van der Waals surface area (Å²) in [4.78, 5) is 16.9. The third-order valence-corrected chi connectivity index (χ3v) is 6.66. The number of hydrogen-bond donors (Lipinski definition) is 1. The minimum absolute atomic E-state index is 0.0100. The van der Waals surface area contributed by atoms with Crippen molar-refractivity contribution in [3.8, 4) is 0 Å². The number of thioether (sulfide) groups is 1. The van der Waals surface area contributed by atoms with Crippen LogP contribution in [-0.2, 0) is 6.54 Å². The van der Waals surface area contributed by atoms with Crippen LogP contribution in [0.4, 0.5) is 10.7 Å². The van der Waals surface area contributed by atoms with Crippen molar-refractivity contribution in [2.45, 2.75) is 18.4 Å². The van der Waals surface area contributed by atoms with Gasteiger partial charge in [-0.15, -0.1) is 23.1 Å². The smallest absolute Gasteiger partial charge is 0.261 e. The van der Waals surface area contributed by atoms with E-state index in [1.165, 1.54) is 16.1 Å². The van der Waals surface area contributed by atoms with Crippen molar-refractivity contribution in [3.05, 3.63) is 76.7 Å². The fraction of sp³-hybridized carbons (Fsp3) is 0.190. The van der Waals surface area contributed by atoms with Crippen molar-refractivity contribution >= 4 is 39.7 Å². The molecule has 132 valence electrons. The highest BCUT2D eigenvalue weighted by atomic mass is 32.2. The molecule has 0 unspecified atom stereocenters. The standard InChI is InChI=1S/C21H20N2OS2/c1-15-6-2-3-7-16(15)14-22-21(24)19-10-11-20(26-19)23-12-13-25-18-9-5-4-8-17(18)23/h2-11H,12-14H2,1H3,(H,22,24). The Morgan fingerprint density at radius 3 is 2.77 bits per heavy atom. The molecule has 0 fully saturated rings. The summed E-state index contributed by atoms with van der Waals surface area (Å²) in [6, 6.07) is 20.6. The summed E-state index contributed by atoms with van der Waals surface area (Å²) < 4.78 is 0. The maximum atomic E-state index is 12.5. The predicted molar refractivity (Wildman–Crippen MR) is 111 cm³/mol. The Morgan fingerprint density at radius 1 is 1.08 bits per heavy atom. The van der Waals surface area contributed by atoms with Crippen LogP contribution in [0.3, 0.4) is 0 Å². The van der Waals surface area contributed by atoms with E-state index in [1.807, 2.05) is 30.0 Å². The van der Waals surface area contributed by atoms with Gasteiger partial charge in [-0.1, -0.05) is 36.4 Å². The molecule has 2 aromatic carbocycles. The second kappa shape index (κ2) is 7.56. The molecule has 0 saturated carbocycles. The molecule has 0 radical (unpaired) electrons. The lowest BCUT2D eigenvalue weighted by molar-refractivity contribution is 0.0955. The lowest BCUT2D eigenvalue weighted by atomic mass is 10.1. The number of nitrogens with zero attached hydrogens (tertiary/aromatic N) is 1. The molecule has 1 amide bonds. The highest BCUT2D eigenvalue weighted by Gasteiger charge is 2.20. The lowest BCUT2D eigenvalue weighted by Crippen LogP contribution is -2.23. The van der Waals surface area contributed by atoms with Gasteiger partial charge in [-0.3, -0.25) is 4.79 Å². The number of carbonyl (C=O) groups excluding carboxylic acids is 1. The second-order valence-corrected chi connectivity index (χ2v) is 8.41. The number of amides is 1. The van der Waals surface area contributed by atoms with Crippen LogP contribution in [0.2, 0.25) is 0 Å². The first-order valence-corrected chi connectivity index (χ1v) is 10.4. The van der Waals surface area contributed by atoms with Crippen molar-refractivity contribution in [3.63, 3.8) is 0 Å². The van der Waals surface area contributed by atoms with E-state index in [0.717, 1.165) is 27.7 Å². The van der Waals surface area contributed by atoms with Gasteiger partial charge in [0.05, 0.1) is 15.6 Å². The number of para-hydroxylation sites is 1. The summed E-state index contributed by atoms with van der Waals surface area (Å²) in [5, 5.41) is 4.16. The molecule has 0 atom stereocenters. The predicted octanol–water partition coefficient (Wildman–Crippen LogP) is 5.23. The second-order valence-electron chi connectivity index (χ2n) is 6.21. The van der Waals surface area contributed by atoms with Crippen LogP contribution in [0, 0.1) is 6.92 Å². The summed E-state index contributed by atoms with van der Waals surface area (Å²) in [6.45, 7) is 3.59. The Bertz CT molecular complexity index is 935. The Hall–Kier alpha value is -2.24. The van der Waals surface area contributed by atoms with E-state index >= 15 is 0 Å². The van der Waals surface area contributed by atoms with Gasteiger partial charge in [-0.2, -0.15) is 0 Å². The maximum absolute atomic E-state index is 12.5. The molecule has 3 nitrogen and oxygen atoms in total. The third-order valence-electron chi connectivity index (χ3n) is 4.51. The quantitative estimate of drug-likeness (QED) is 0.673. The van der Waals surface area contributed by atoms with E-state index in [9.17, 15) is 4.79 Å². The maximum Gasteiger partial charge on any atom is 0.261 e. The van der Waals surface area contributed by atoms with E-state index in [2.05, 4.69) is 59.6 Å². The van der Waals surface area contributed by atoms with Gasteiger partial charge in [0, 0.05) is 23.7 Å². The Kier molecular flexibility index (Phi) is 5.00. The van der Waals surface area contributed by atoms with Gasteiger partial charge < -0.3 is 10.2 Å². The molecule has 3 aromatic rings. The van der Waals surface area contributed by atoms with Crippen molar-refractivity contribution in [1.29, 1.82) is 0 Å². The zero-order chi connectivity index (χ0) is 17.9. The molecule has 0 saturated heterocycles. The summed E-state index contributed by atoms with van der Waals surface area (Å²) in [5.74, 6) is 1.05. The molecule has 0 aliphatic carbocycles. The largest absolute Gasteiger partial charge is 0.347 e. The molecule has 1 aliphatic rings. The highest BCUT2D eigenvalue weighted by Crippen LogP contribution is 2.41. The SMILES string of the molecule is Cc1ccccc1CNC(=O)c1ccc(N2CCSc3ccccc32)s1. The minimum Gasteiger partial charge on any atom is -0.347 e. The Morgan fingerprint density at radius 2 is 1.88 bits per heavy atom. The van der Waals surface area contributed by atoms with Crippen LogP contribution in [0.1, 0.15) is 20.8 Å². The first-order valence-electron chi connectivity index (χ1n) is 8.64. The summed E-state index contributed by atoms with van der Waals surface area (Å²) in [5.41, 5.74) is 3.58. The Balaban J connectivity index is 1.48. The van der Waals surface area contributed by atoms with E-state index in [0.29, 0.717) is 6.54 Å². The van der Waals surface area contributed by atoms with Gasteiger partial charge in [0.25, 0.3) is 5.91 Å². The molecular weight excluding hydrogens is 360 g/mol. The van der Waals surface area contributed by atoms with Crippen molar-refractivity contribution in [2.24, 2.45) is 0 Å². The zero-order valence-corrected chi connectivity index (χ0v) is 16.2. The zero-order valence-electron chi connectivity index (χ0n) is 14.6. The number of rotatable bonds is 4. The van der Waals surface area contributed by atoms with Gasteiger partial charge >= 0.3 is 0 Å². The van der Waals surface area contributed by atoms with Crippen LogP contribution >= 0.6 is 23.1 Å². The van der Waals surface area contributed by atoms with Crippen LogP contribution in [0.5, 0.6) is 0 Å². The lowest BCUT2D eigenvalue weighted by Gasteiger charge is -2.29. The fourth-order valence-corrected chi connectivity index (χ4v) is 5.02. The van der Waals surface area contributed by atoms with Crippen LogP contribution in [0.25, 0.3) is 0 Å². The number of hydrogen-bond acceptors (Lipinski definition) is 4. The van der Waals surface area contributed by atoms with Gasteiger partial charge in [0.15, 0.2) is 0 Å². The monoisotopic (exact) mass is 380 g/mol. The fourth-order valence-electron chi connectivity index (χ4n) is 3.06. The van der Waals surface area contributed by atoms with E-state index in [1.54, 1.807) is 11.3 Å². The van der Waals surface area contributed by atoms with Gasteiger partial charge in [-0.25, -0.2) is 0 Å². The van der Waals surface area contributed by atoms with E-state index in [4.69, 9.17) is 0 Å². The molecule has 0 bridgehead atoms. The molecule has 4 rings (SSSR count). The molecule has 2 heterocycles. The summed E-state index contributed by atoms with van der Waals surface area (Å²) >= 11 is 3.45. The van der Waals surface area contributed by atoms with Gasteiger partial charge in [-0.05, 0) is 42.3 Å². The van der Waals surface area contributed by atoms with E-state index < -0.39 is 0 Å². The summed E-state index contributed by atoms with van der Waals surface area (Å²) in [6.07, 6.45) is 0. The normalized spacial score (nSPS) is 13.3. The average molecular weight is 381 g/mol. The number of carbonyl (C=O) groups is 1. The number of fused-ring (bicyclic) bond motifs is 1. The van der Waals surface area contributed by atoms with Crippen LogP contribution < -0.4 is 10.2 Å². The highest BCUT2D eigenvalue weighted by molar-refractivity contribution is 7.99. The molecule has 1 aromatic heterocycles. The molecule has 0 spiro atoms.